The van der Waals surface area contributed by atoms with Gasteiger partial charge in [-0.25, -0.2) is 9.98 Å². The van der Waals surface area contributed by atoms with Gasteiger partial charge in [-0.05, 0) is 83.4 Å². The van der Waals surface area contributed by atoms with Gasteiger partial charge in [0.1, 0.15) is 23.2 Å². The van der Waals surface area contributed by atoms with Crippen LogP contribution in [0.3, 0.4) is 0 Å². The van der Waals surface area contributed by atoms with E-state index in [1.54, 1.807) is 0 Å². The number of aromatic nitrogens is 1. The van der Waals surface area contributed by atoms with Crippen LogP contribution in [0.4, 0.5) is 0 Å². The standard InChI is InChI=1S/C51H32N4OS/c1-3-12-31(13-4-1)49-52-50(32-14-5-2-6-15-32)54-51(53-49)34-23-27-47-40(29-34)39-28-33(22-26-46(39)57-47)36-18-11-21-45-48(36)41-30-35(24-25-44(41)56-45)55-42-19-9-7-16-37(42)38-17-8-10-20-43(38)55/h1-30,49H,(H,52,53,54). The van der Waals surface area contributed by atoms with Crippen molar-refractivity contribution < 1.29 is 4.42 Å². The summed E-state index contributed by atoms with van der Waals surface area (Å²) in [4.78, 5) is 10.1. The summed E-state index contributed by atoms with van der Waals surface area (Å²) in [5, 5.41) is 10.8. The first kappa shape index (κ1) is 32.0. The van der Waals surface area contributed by atoms with Gasteiger partial charge in [0, 0.05) is 58.5 Å². The minimum atomic E-state index is -0.254. The molecule has 0 saturated carbocycles. The number of para-hydroxylation sites is 2. The molecule has 12 rings (SSSR count). The van der Waals surface area contributed by atoms with Crippen LogP contribution in [0.1, 0.15) is 22.9 Å². The topological polar surface area (TPSA) is 54.8 Å². The van der Waals surface area contributed by atoms with Crippen LogP contribution in [-0.2, 0) is 0 Å². The van der Waals surface area contributed by atoms with Crippen molar-refractivity contribution in [2.45, 2.75) is 6.17 Å². The number of nitrogens with one attached hydrogen (secondary N) is 1. The molecule has 0 saturated heterocycles. The zero-order valence-corrected chi connectivity index (χ0v) is 31.4. The Labute approximate surface area is 331 Å². The van der Waals surface area contributed by atoms with E-state index < -0.39 is 0 Å². The first-order valence-corrected chi connectivity index (χ1v) is 20.0. The number of amidine groups is 2. The predicted octanol–water partition coefficient (Wildman–Crippen LogP) is 13.2. The van der Waals surface area contributed by atoms with E-state index in [9.17, 15) is 0 Å². The molecule has 6 heteroatoms. The second-order valence-corrected chi connectivity index (χ2v) is 15.7. The van der Waals surface area contributed by atoms with E-state index in [-0.39, 0.29) is 6.17 Å². The van der Waals surface area contributed by atoms with Crippen LogP contribution in [0.5, 0.6) is 0 Å². The normalized spacial score (nSPS) is 14.5. The van der Waals surface area contributed by atoms with Crippen molar-refractivity contribution in [2.24, 2.45) is 9.98 Å². The molecule has 4 heterocycles. The fraction of sp³-hybridized carbons (Fsp3) is 0.0196. The van der Waals surface area contributed by atoms with Crippen LogP contribution in [0.2, 0.25) is 0 Å². The number of rotatable bonds is 5. The Bertz CT molecular complexity index is 3390. The van der Waals surface area contributed by atoms with Crippen LogP contribution in [0.15, 0.2) is 196 Å². The monoisotopic (exact) mass is 748 g/mol. The molecule has 1 atom stereocenters. The van der Waals surface area contributed by atoms with E-state index in [1.165, 1.54) is 42.0 Å². The molecule has 1 aliphatic heterocycles. The Kier molecular flexibility index (Phi) is 7.09. The maximum atomic E-state index is 6.53. The number of benzene rings is 8. The summed E-state index contributed by atoms with van der Waals surface area (Å²) in [7, 11) is 0. The van der Waals surface area contributed by atoms with E-state index in [0.29, 0.717) is 0 Å². The largest absolute Gasteiger partial charge is 0.456 e. The van der Waals surface area contributed by atoms with Gasteiger partial charge in [-0.1, -0.05) is 115 Å². The number of aliphatic imine (C=N–C) groups is 2. The lowest BCUT2D eigenvalue weighted by atomic mass is 9.97. The maximum Gasteiger partial charge on any atom is 0.159 e. The first-order valence-electron chi connectivity index (χ1n) is 19.2. The van der Waals surface area contributed by atoms with Crippen LogP contribution in [0, 0.1) is 0 Å². The molecule has 0 aliphatic carbocycles. The Morgan fingerprint density at radius 1 is 0.509 bits per heavy atom. The van der Waals surface area contributed by atoms with E-state index in [4.69, 9.17) is 14.4 Å². The van der Waals surface area contributed by atoms with Gasteiger partial charge in [0.05, 0.1) is 11.0 Å². The number of hydrogen-bond acceptors (Lipinski definition) is 5. The Balaban J connectivity index is 0.994. The third-order valence-electron chi connectivity index (χ3n) is 11.3. The van der Waals surface area contributed by atoms with Gasteiger partial charge in [0.25, 0.3) is 0 Å². The highest BCUT2D eigenvalue weighted by Gasteiger charge is 2.22. The van der Waals surface area contributed by atoms with E-state index in [1.807, 2.05) is 35.6 Å². The lowest BCUT2D eigenvalue weighted by Gasteiger charge is -2.23. The molecule has 0 amide bonds. The molecule has 268 valence electrons. The zero-order chi connectivity index (χ0) is 37.5. The summed E-state index contributed by atoms with van der Waals surface area (Å²) < 4.78 is 11.4. The summed E-state index contributed by atoms with van der Waals surface area (Å²) in [6.07, 6.45) is -0.254. The zero-order valence-electron chi connectivity index (χ0n) is 30.6. The highest BCUT2D eigenvalue weighted by atomic mass is 32.1. The van der Waals surface area contributed by atoms with Gasteiger partial charge in [-0.2, -0.15) is 0 Å². The summed E-state index contributed by atoms with van der Waals surface area (Å²) in [5.74, 6) is 1.53. The van der Waals surface area contributed by atoms with Crippen molar-refractivity contribution in [1.29, 1.82) is 0 Å². The number of fused-ring (bicyclic) bond motifs is 9. The lowest BCUT2D eigenvalue weighted by molar-refractivity contribution is 0.669. The van der Waals surface area contributed by atoms with Gasteiger partial charge in [-0.15, -0.1) is 11.3 Å². The molecule has 5 nitrogen and oxygen atoms in total. The molecule has 11 aromatic rings. The molecular formula is C51H32N4OS. The molecule has 8 aromatic carbocycles. The number of thiophene rings is 1. The van der Waals surface area contributed by atoms with Crippen LogP contribution >= 0.6 is 11.3 Å². The van der Waals surface area contributed by atoms with Gasteiger partial charge < -0.3 is 14.3 Å². The molecule has 0 radical (unpaired) electrons. The molecular weight excluding hydrogens is 717 g/mol. The fourth-order valence-electron chi connectivity index (χ4n) is 8.61. The second-order valence-electron chi connectivity index (χ2n) is 14.6. The van der Waals surface area contributed by atoms with Gasteiger partial charge in [0.15, 0.2) is 5.84 Å². The average molecular weight is 749 g/mol. The van der Waals surface area contributed by atoms with E-state index in [0.717, 1.165) is 67.1 Å². The molecule has 0 fully saturated rings. The van der Waals surface area contributed by atoms with Crippen LogP contribution in [-0.4, -0.2) is 16.2 Å². The van der Waals surface area contributed by atoms with Crippen molar-refractivity contribution in [2.75, 3.05) is 0 Å². The third-order valence-corrected chi connectivity index (χ3v) is 12.4. The minimum absolute atomic E-state index is 0.254. The second kappa shape index (κ2) is 12.6. The van der Waals surface area contributed by atoms with Crippen molar-refractivity contribution in [3.8, 4) is 16.8 Å². The quantitative estimate of drug-likeness (QED) is 0.191. The summed E-state index contributed by atoms with van der Waals surface area (Å²) in [6, 6.07) is 64.4. The summed E-state index contributed by atoms with van der Waals surface area (Å²) in [5.41, 5.74) is 10.7. The Hall–Kier alpha value is -7.28. The predicted molar refractivity (Wildman–Crippen MR) is 238 cm³/mol. The Morgan fingerprint density at radius 2 is 1.18 bits per heavy atom. The summed E-state index contributed by atoms with van der Waals surface area (Å²) in [6.45, 7) is 0. The molecule has 1 aliphatic rings. The van der Waals surface area contributed by atoms with Crippen molar-refractivity contribution in [1.82, 2.24) is 9.88 Å². The smallest absolute Gasteiger partial charge is 0.159 e. The van der Waals surface area contributed by atoms with Crippen molar-refractivity contribution in [3.05, 3.63) is 199 Å². The van der Waals surface area contributed by atoms with Gasteiger partial charge >= 0.3 is 0 Å². The number of hydrogen-bond donors (Lipinski definition) is 1. The Morgan fingerprint density at radius 3 is 1.93 bits per heavy atom. The van der Waals surface area contributed by atoms with Crippen LogP contribution < -0.4 is 5.32 Å². The fourth-order valence-corrected chi connectivity index (χ4v) is 9.67. The van der Waals surface area contributed by atoms with E-state index in [2.05, 4.69) is 168 Å². The lowest BCUT2D eigenvalue weighted by Crippen LogP contribution is -2.33. The SMILES string of the molecule is c1ccc(C2=NC(c3ccccc3)NC(c3ccc4sc5ccc(-c6cccc7oc8ccc(-n9c%10ccccc%10c%10ccccc%109)cc8c67)cc5c4c3)=N2)cc1. The maximum absolute atomic E-state index is 6.53. The summed E-state index contributed by atoms with van der Waals surface area (Å²) >= 11 is 1.82. The first-order chi connectivity index (χ1) is 28.2. The van der Waals surface area contributed by atoms with Crippen molar-refractivity contribution in [3.63, 3.8) is 0 Å². The third kappa shape index (κ3) is 5.15. The molecule has 57 heavy (non-hydrogen) atoms. The van der Waals surface area contributed by atoms with Gasteiger partial charge in [0.2, 0.25) is 0 Å². The molecule has 1 unspecified atom stereocenters. The molecule has 1 N–H and O–H groups in total. The molecule has 0 spiro atoms. The van der Waals surface area contributed by atoms with Gasteiger partial charge in [-0.3, -0.25) is 0 Å². The average Bonchev–Trinajstić information content (AvgIpc) is 3.95. The number of nitrogens with zero attached hydrogens (tertiary/aromatic N) is 3. The highest BCUT2D eigenvalue weighted by molar-refractivity contribution is 7.25. The molecule has 0 bridgehead atoms. The molecule has 3 aromatic heterocycles. The number of furan rings is 1. The minimum Gasteiger partial charge on any atom is -0.456 e. The van der Waals surface area contributed by atoms with Crippen LogP contribution in [0.25, 0.3) is 80.7 Å². The van der Waals surface area contributed by atoms with E-state index >= 15 is 0 Å². The van der Waals surface area contributed by atoms with Crippen molar-refractivity contribution >= 4 is 86.9 Å². The highest BCUT2D eigenvalue weighted by Crippen LogP contribution is 2.42.